The third-order valence-corrected chi connectivity index (χ3v) is 4.34. The maximum absolute atomic E-state index is 12.6. The van der Waals surface area contributed by atoms with Crippen molar-refractivity contribution in [1.82, 2.24) is 9.88 Å². The first-order valence-corrected chi connectivity index (χ1v) is 8.07. The van der Waals surface area contributed by atoms with Crippen LogP contribution in [0.15, 0.2) is 34.7 Å². The molecule has 0 spiro atoms. The Labute approximate surface area is 140 Å². The van der Waals surface area contributed by atoms with Crippen LogP contribution in [0.5, 0.6) is 0 Å². The molecule has 6 nitrogen and oxygen atoms in total. The van der Waals surface area contributed by atoms with Crippen LogP contribution >= 0.6 is 0 Å². The summed E-state index contributed by atoms with van der Waals surface area (Å²) in [6, 6.07) is 9.32. The second-order valence-electron chi connectivity index (χ2n) is 6.05. The number of likely N-dealkylation sites (tertiary alicyclic amines) is 1. The van der Waals surface area contributed by atoms with E-state index >= 15 is 0 Å². The number of aromatic nitrogens is 1. The van der Waals surface area contributed by atoms with E-state index in [1.165, 1.54) is 0 Å². The molecule has 0 radical (unpaired) electrons. The van der Waals surface area contributed by atoms with Crippen molar-refractivity contribution in [3.63, 3.8) is 0 Å². The number of rotatable bonds is 5. The average Bonchev–Trinajstić information content (AvgIpc) is 3.15. The summed E-state index contributed by atoms with van der Waals surface area (Å²) in [5.74, 6) is 0.161. The van der Waals surface area contributed by atoms with Gasteiger partial charge in [0.2, 0.25) is 11.8 Å². The second kappa shape index (κ2) is 6.86. The van der Waals surface area contributed by atoms with Gasteiger partial charge in [-0.3, -0.25) is 9.59 Å². The number of carboxylic acids is 1. The van der Waals surface area contributed by atoms with Crippen LogP contribution in [0.1, 0.15) is 30.7 Å². The average molecular weight is 328 g/mol. The highest BCUT2D eigenvalue weighted by molar-refractivity contribution is 5.80. The molecule has 24 heavy (non-hydrogen) atoms. The van der Waals surface area contributed by atoms with Gasteiger partial charge >= 0.3 is 5.97 Å². The number of amides is 1. The third kappa shape index (κ3) is 3.48. The fourth-order valence-electron chi connectivity index (χ4n) is 3.12. The minimum absolute atomic E-state index is 0.00119. The number of carbonyl (C=O) groups is 2. The molecule has 126 valence electrons. The van der Waals surface area contributed by atoms with Crippen LogP contribution in [-0.4, -0.2) is 39.5 Å². The zero-order valence-corrected chi connectivity index (χ0v) is 13.6. The van der Waals surface area contributed by atoms with Gasteiger partial charge in [0, 0.05) is 18.2 Å². The van der Waals surface area contributed by atoms with E-state index < -0.39 is 5.97 Å². The van der Waals surface area contributed by atoms with Crippen LogP contribution < -0.4 is 0 Å². The fourth-order valence-corrected chi connectivity index (χ4v) is 3.12. The molecule has 2 aromatic rings. The summed E-state index contributed by atoms with van der Waals surface area (Å²) >= 11 is 0. The minimum Gasteiger partial charge on any atom is -0.481 e. The minimum atomic E-state index is -0.872. The highest BCUT2D eigenvalue weighted by Crippen LogP contribution is 2.24. The highest BCUT2D eigenvalue weighted by Gasteiger charge is 2.31. The van der Waals surface area contributed by atoms with Crippen molar-refractivity contribution in [3.05, 3.63) is 41.8 Å². The maximum Gasteiger partial charge on any atom is 0.305 e. The van der Waals surface area contributed by atoms with Crippen molar-refractivity contribution >= 4 is 11.9 Å². The van der Waals surface area contributed by atoms with Crippen LogP contribution in [0.2, 0.25) is 0 Å². The van der Waals surface area contributed by atoms with Crippen molar-refractivity contribution in [2.45, 2.75) is 38.6 Å². The standard InChI is InChI=1S/C18H20N2O4/c1-12-15(19-18(24-12)13-6-3-2-4-7-13)11-16(21)20-9-5-8-14(20)10-17(22)23/h2-4,6-7,14H,5,8-11H2,1H3,(H,22,23). The Kier molecular flexibility index (Phi) is 4.64. The van der Waals surface area contributed by atoms with Gasteiger partial charge in [0.15, 0.2) is 0 Å². The fraction of sp³-hybridized carbons (Fsp3) is 0.389. The zero-order chi connectivity index (χ0) is 17.1. The van der Waals surface area contributed by atoms with Crippen molar-refractivity contribution in [3.8, 4) is 11.5 Å². The highest BCUT2D eigenvalue weighted by atomic mass is 16.4. The van der Waals surface area contributed by atoms with E-state index in [1.807, 2.05) is 30.3 Å². The molecule has 1 N–H and O–H groups in total. The van der Waals surface area contributed by atoms with Gasteiger partial charge in [-0.15, -0.1) is 0 Å². The number of aliphatic carboxylic acids is 1. The molecule has 1 unspecified atom stereocenters. The molecule has 1 saturated heterocycles. The molecular weight excluding hydrogens is 308 g/mol. The molecule has 3 rings (SSSR count). The van der Waals surface area contributed by atoms with Crippen LogP contribution in [-0.2, 0) is 16.0 Å². The summed E-state index contributed by atoms with van der Waals surface area (Å²) in [4.78, 5) is 29.6. The van der Waals surface area contributed by atoms with E-state index in [-0.39, 0.29) is 24.8 Å². The van der Waals surface area contributed by atoms with E-state index in [0.717, 1.165) is 18.4 Å². The Hall–Kier alpha value is -2.63. The molecule has 2 heterocycles. The predicted octanol–water partition coefficient (Wildman–Crippen LogP) is 2.66. The van der Waals surface area contributed by atoms with Gasteiger partial charge in [0.25, 0.3) is 0 Å². The van der Waals surface area contributed by atoms with Crippen LogP contribution in [0.4, 0.5) is 0 Å². The molecule has 1 fully saturated rings. The van der Waals surface area contributed by atoms with E-state index in [1.54, 1.807) is 11.8 Å². The number of hydrogen-bond acceptors (Lipinski definition) is 4. The molecule has 1 amide bonds. The van der Waals surface area contributed by atoms with E-state index in [4.69, 9.17) is 9.52 Å². The lowest BCUT2D eigenvalue weighted by atomic mass is 10.1. The van der Waals surface area contributed by atoms with Crippen LogP contribution in [0, 0.1) is 6.92 Å². The largest absolute Gasteiger partial charge is 0.481 e. The van der Waals surface area contributed by atoms with Gasteiger partial charge < -0.3 is 14.4 Å². The Morgan fingerprint density at radius 2 is 2.08 bits per heavy atom. The van der Waals surface area contributed by atoms with Crippen molar-refractivity contribution in [2.75, 3.05) is 6.54 Å². The lowest BCUT2D eigenvalue weighted by Gasteiger charge is -2.23. The summed E-state index contributed by atoms with van der Waals surface area (Å²) in [5.41, 5.74) is 1.48. The smallest absolute Gasteiger partial charge is 0.305 e. The molecule has 0 aliphatic carbocycles. The van der Waals surface area contributed by atoms with E-state index in [2.05, 4.69) is 4.98 Å². The zero-order valence-electron chi connectivity index (χ0n) is 13.6. The van der Waals surface area contributed by atoms with Crippen molar-refractivity contribution in [1.29, 1.82) is 0 Å². The molecule has 0 bridgehead atoms. The summed E-state index contributed by atoms with van der Waals surface area (Å²) in [6.45, 7) is 2.40. The molecule has 0 saturated carbocycles. The van der Waals surface area contributed by atoms with Crippen molar-refractivity contribution < 1.29 is 19.1 Å². The predicted molar refractivity (Wildman–Crippen MR) is 87.4 cm³/mol. The SMILES string of the molecule is Cc1oc(-c2ccccc2)nc1CC(=O)N1CCCC1CC(=O)O. The molecule has 1 aromatic heterocycles. The Morgan fingerprint density at radius 1 is 1.33 bits per heavy atom. The van der Waals surface area contributed by atoms with Gasteiger partial charge in [-0.2, -0.15) is 0 Å². The second-order valence-corrected chi connectivity index (χ2v) is 6.05. The topological polar surface area (TPSA) is 83.6 Å². The van der Waals surface area contributed by atoms with Crippen LogP contribution in [0.25, 0.3) is 11.5 Å². The first-order chi connectivity index (χ1) is 11.5. The van der Waals surface area contributed by atoms with E-state index in [9.17, 15) is 9.59 Å². The first kappa shape index (κ1) is 16.2. The Bertz CT molecular complexity index is 739. The number of carboxylic acid groups (broad SMARTS) is 1. The molecule has 6 heteroatoms. The quantitative estimate of drug-likeness (QED) is 0.912. The number of oxazole rings is 1. The lowest BCUT2D eigenvalue weighted by molar-refractivity contribution is -0.139. The lowest BCUT2D eigenvalue weighted by Crippen LogP contribution is -2.37. The van der Waals surface area contributed by atoms with Gasteiger partial charge in [-0.05, 0) is 31.9 Å². The number of carbonyl (C=O) groups excluding carboxylic acids is 1. The summed E-state index contributed by atoms with van der Waals surface area (Å²) in [6.07, 6.45) is 1.72. The molecular formula is C18H20N2O4. The maximum atomic E-state index is 12.6. The van der Waals surface area contributed by atoms with Gasteiger partial charge in [-0.25, -0.2) is 4.98 Å². The summed E-state index contributed by atoms with van der Waals surface area (Å²) < 4.78 is 5.68. The van der Waals surface area contributed by atoms with Gasteiger partial charge in [0.1, 0.15) is 5.76 Å². The first-order valence-electron chi connectivity index (χ1n) is 8.07. The van der Waals surface area contributed by atoms with Gasteiger partial charge in [-0.1, -0.05) is 18.2 Å². The molecule has 1 aliphatic rings. The third-order valence-electron chi connectivity index (χ3n) is 4.34. The number of nitrogens with zero attached hydrogens (tertiary/aromatic N) is 2. The number of hydrogen-bond donors (Lipinski definition) is 1. The summed E-state index contributed by atoms with van der Waals surface area (Å²) in [5, 5.41) is 8.97. The Balaban J connectivity index is 1.73. The van der Waals surface area contributed by atoms with E-state index in [0.29, 0.717) is 23.9 Å². The monoisotopic (exact) mass is 328 g/mol. The van der Waals surface area contributed by atoms with Gasteiger partial charge in [0.05, 0.1) is 18.5 Å². The number of aryl methyl sites for hydroxylation is 1. The molecule has 1 aromatic carbocycles. The van der Waals surface area contributed by atoms with Crippen LogP contribution in [0.3, 0.4) is 0 Å². The normalized spacial score (nSPS) is 17.2. The molecule has 1 aliphatic heterocycles. The Morgan fingerprint density at radius 3 is 2.79 bits per heavy atom. The number of benzene rings is 1. The summed E-state index contributed by atoms with van der Waals surface area (Å²) in [7, 11) is 0. The molecule has 1 atom stereocenters. The van der Waals surface area contributed by atoms with Crippen molar-refractivity contribution in [2.24, 2.45) is 0 Å².